The molecule has 0 aliphatic carbocycles. The molecule has 0 amide bonds. The molecule has 2 aromatic carbocycles. The molecule has 1 heterocycles. The van der Waals surface area contributed by atoms with Gasteiger partial charge in [-0.2, -0.15) is 0 Å². The number of hydrogen-bond acceptors (Lipinski definition) is 5. The van der Waals surface area contributed by atoms with E-state index in [1.807, 2.05) is 0 Å². The number of non-ortho nitro benzene ring substituents is 1. The Morgan fingerprint density at radius 2 is 1.83 bits per heavy atom. The van der Waals surface area contributed by atoms with E-state index in [4.69, 9.17) is 16.3 Å². The third kappa shape index (κ3) is 3.12. The van der Waals surface area contributed by atoms with Gasteiger partial charge in [-0.3, -0.25) is 10.1 Å². The summed E-state index contributed by atoms with van der Waals surface area (Å²) in [5, 5.41) is 11.0. The summed E-state index contributed by atoms with van der Waals surface area (Å²) < 4.78 is 5.13. The van der Waals surface area contributed by atoms with Crippen molar-refractivity contribution in [1.82, 2.24) is 0 Å². The Balaban J connectivity index is 1.92. The highest BCUT2D eigenvalue weighted by atomic mass is 35.5. The second-order valence-corrected chi connectivity index (χ2v) is 5.07. The van der Waals surface area contributed by atoms with Crippen LogP contribution in [0.2, 0.25) is 5.02 Å². The molecule has 114 valence electrons. The lowest BCUT2D eigenvalue weighted by Crippen LogP contribution is -2.05. The Hall–Kier alpha value is -2.99. The summed E-state index contributed by atoms with van der Waals surface area (Å²) in [6, 6.07) is 12.7. The molecule has 1 aliphatic rings. The van der Waals surface area contributed by atoms with Gasteiger partial charge in [-0.15, -0.1) is 0 Å². The van der Waals surface area contributed by atoms with Gasteiger partial charge in [-0.05, 0) is 35.9 Å². The zero-order valence-corrected chi connectivity index (χ0v) is 12.4. The first-order chi connectivity index (χ1) is 11.0. The number of cyclic esters (lactones) is 1. The fourth-order valence-corrected chi connectivity index (χ4v) is 2.23. The monoisotopic (exact) mass is 328 g/mol. The van der Waals surface area contributed by atoms with Crippen LogP contribution in [0.5, 0.6) is 0 Å². The summed E-state index contributed by atoms with van der Waals surface area (Å²) in [5.41, 5.74) is 1.21. The number of benzene rings is 2. The summed E-state index contributed by atoms with van der Waals surface area (Å²) in [6.07, 6.45) is 1.50. The third-order valence-corrected chi connectivity index (χ3v) is 3.46. The molecule has 0 saturated carbocycles. The number of carbonyl (C=O) groups is 1. The van der Waals surface area contributed by atoms with Crippen molar-refractivity contribution in [3.05, 3.63) is 80.5 Å². The predicted molar refractivity (Wildman–Crippen MR) is 85.2 cm³/mol. The molecule has 7 heteroatoms. The fourth-order valence-electron chi connectivity index (χ4n) is 2.01. The van der Waals surface area contributed by atoms with Crippen LogP contribution in [0.15, 0.2) is 59.2 Å². The lowest BCUT2D eigenvalue weighted by molar-refractivity contribution is -0.384. The smallest absolute Gasteiger partial charge is 0.363 e. The fraction of sp³-hybridized carbons (Fsp3) is 0. The molecule has 1 aliphatic heterocycles. The van der Waals surface area contributed by atoms with Gasteiger partial charge < -0.3 is 4.74 Å². The number of aliphatic imine (C=N–C) groups is 1. The Labute approximate surface area is 135 Å². The van der Waals surface area contributed by atoms with Crippen LogP contribution < -0.4 is 0 Å². The number of carbonyl (C=O) groups excluding carboxylic acids is 1. The molecule has 3 rings (SSSR count). The number of halogens is 1. The lowest BCUT2D eigenvalue weighted by atomic mass is 10.2. The topological polar surface area (TPSA) is 81.8 Å². The molecule has 0 atom stereocenters. The Bertz CT molecular complexity index is 857. The highest BCUT2D eigenvalue weighted by Crippen LogP contribution is 2.24. The van der Waals surface area contributed by atoms with Crippen LogP contribution in [0.3, 0.4) is 0 Å². The maximum absolute atomic E-state index is 11.9. The van der Waals surface area contributed by atoms with Crippen molar-refractivity contribution in [2.24, 2.45) is 4.99 Å². The minimum Gasteiger partial charge on any atom is -0.402 e. The van der Waals surface area contributed by atoms with Crippen LogP contribution in [-0.2, 0) is 9.53 Å². The standard InChI is InChI=1S/C16H9ClN2O4/c17-13-4-2-1-3-12(13)15-18-14(16(20)23-15)9-10-5-7-11(8-6-10)19(21)22/h1-9H. The zero-order valence-electron chi connectivity index (χ0n) is 11.6. The van der Waals surface area contributed by atoms with Crippen LogP contribution in [0.25, 0.3) is 6.08 Å². The van der Waals surface area contributed by atoms with E-state index in [9.17, 15) is 14.9 Å². The normalized spacial score (nSPS) is 15.4. The number of ether oxygens (including phenoxy) is 1. The van der Waals surface area contributed by atoms with Gasteiger partial charge >= 0.3 is 5.97 Å². The van der Waals surface area contributed by atoms with E-state index in [0.29, 0.717) is 16.1 Å². The average molecular weight is 329 g/mol. The number of nitrogens with zero attached hydrogens (tertiary/aromatic N) is 2. The van der Waals surface area contributed by atoms with Crippen molar-refractivity contribution < 1.29 is 14.5 Å². The third-order valence-electron chi connectivity index (χ3n) is 3.13. The SMILES string of the molecule is O=C1OC(c2ccccc2Cl)=NC1=Cc1ccc([N+](=O)[O-])cc1. The van der Waals surface area contributed by atoms with Crippen molar-refractivity contribution in [2.75, 3.05) is 0 Å². The van der Waals surface area contributed by atoms with Crippen molar-refractivity contribution in [2.45, 2.75) is 0 Å². The summed E-state index contributed by atoms with van der Waals surface area (Å²) >= 11 is 6.05. The molecule has 0 radical (unpaired) electrons. The second-order valence-electron chi connectivity index (χ2n) is 4.66. The molecule has 0 saturated heterocycles. The van der Waals surface area contributed by atoms with E-state index < -0.39 is 10.9 Å². The number of nitro groups is 1. The van der Waals surface area contributed by atoms with Gasteiger partial charge in [0.1, 0.15) is 0 Å². The van der Waals surface area contributed by atoms with Crippen LogP contribution in [0, 0.1) is 10.1 Å². The van der Waals surface area contributed by atoms with E-state index in [0.717, 1.165) is 0 Å². The molecule has 6 nitrogen and oxygen atoms in total. The van der Waals surface area contributed by atoms with Gasteiger partial charge in [-0.1, -0.05) is 23.7 Å². The maximum Gasteiger partial charge on any atom is 0.363 e. The largest absolute Gasteiger partial charge is 0.402 e. The number of esters is 1. The Morgan fingerprint density at radius 3 is 2.48 bits per heavy atom. The van der Waals surface area contributed by atoms with Gasteiger partial charge in [-0.25, -0.2) is 9.79 Å². The van der Waals surface area contributed by atoms with Gasteiger partial charge in [0, 0.05) is 12.1 Å². The van der Waals surface area contributed by atoms with Crippen molar-refractivity contribution in [3.8, 4) is 0 Å². The quantitative estimate of drug-likeness (QED) is 0.373. The zero-order chi connectivity index (χ0) is 16.4. The Kier molecular flexibility index (Phi) is 3.91. The summed E-state index contributed by atoms with van der Waals surface area (Å²) in [5.74, 6) is -0.466. The molecule has 0 aromatic heterocycles. The first-order valence-electron chi connectivity index (χ1n) is 6.56. The maximum atomic E-state index is 11.9. The van der Waals surface area contributed by atoms with Gasteiger partial charge in [0.2, 0.25) is 5.90 Å². The molecule has 0 N–H and O–H groups in total. The van der Waals surface area contributed by atoms with Crippen LogP contribution >= 0.6 is 11.6 Å². The highest BCUT2D eigenvalue weighted by molar-refractivity contribution is 6.34. The molecular weight excluding hydrogens is 320 g/mol. The predicted octanol–water partition coefficient (Wildman–Crippen LogP) is 3.59. The molecule has 0 spiro atoms. The molecule has 0 unspecified atom stereocenters. The van der Waals surface area contributed by atoms with Crippen LogP contribution in [-0.4, -0.2) is 16.8 Å². The van der Waals surface area contributed by atoms with Crippen molar-refractivity contribution >= 4 is 35.2 Å². The van der Waals surface area contributed by atoms with E-state index in [2.05, 4.69) is 4.99 Å². The minimum absolute atomic E-state index is 0.0265. The van der Waals surface area contributed by atoms with Gasteiger partial charge in [0.15, 0.2) is 5.70 Å². The molecule has 0 fully saturated rings. The number of hydrogen-bond donors (Lipinski definition) is 0. The van der Waals surface area contributed by atoms with Crippen LogP contribution in [0.4, 0.5) is 5.69 Å². The summed E-state index contributed by atoms with van der Waals surface area (Å²) in [6.45, 7) is 0. The minimum atomic E-state index is -0.599. The first-order valence-corrected chi connectivity index (χ1v) is 6.94. The van der Waals surface area contributed by atoms with Crippen LogP contribution in [0.1, 0.15) is 11.1 Å². The first kappa shape index (κ1) is 14.9. The Morgan fingerprint density at radius 1 is 1.13 bits per heavy atom. The van der Waals surface area contributed by atoms with Gasteiger partial charge in [0.25, 0.3) is 5.69 Å². The molecule has 23 heavy (non-hydrogen) atoms. The lowest BCUT2D eigenvalue weighted by Gasteiger charge is -2.00. The number of nitro benzene ring substituents is 1. The van der Waals surface area contributed by atoms with E-state index >= 15 is 0 Å². The van der Waals surface area contributed by atoms with E-state index in [1.54, 1.807) is 24.3 Å². The molecular formula is C16H9ClN2O4. The van der Waals surface area contributed by atoms with Crippen molar-refractivity contribution in [3.63, 3.8) is 0 Å². The van der Waals surface area contributed by atoms with E-state index in [1.165, 1.54) is 30.3 Å². The van der Waals surface area contributed by atoms with Gasteiger partial charge in [0.05, 0.1) is 15.5 Å². The number of rotatable bonds is 3. The summed E-state index contributed by atoms with van der Waals surface area (Å²) in [7, 11) is 0. The highest BCUT2D eigenvalue weighted by Gasteiger charge is 2.25. The molecule has 0 bridgehead atoms. The second kappa shape index (κ2) is 6.02. The van der Waals surface area contributed by atoms with Crippen molar-refractivity contribution in [1.29, 1.82) is 0 Å². The average Bonchev–Trinajstić information content (AvgIpc) is 2.89. The summed E-state index contributed by atoms with van der Waals surface area (Å²) in [4.78, 5) is 26.2. The van der Waals surface area contributed by atoms with E-state index in [-0.39, 0.29) is 17.3 Å². The molecule has 2 aromatic rings.